The Labute approximate surface area is 127 Å². The van der Waals surface area contributed by atoms with Crippen molar-refractivity contribution in [3.8, 4) is 11.9 Å². The van der Waals surface area contributed by atoms with E-state index in [2.05, 4.69) is 21.3 Å². The van der Waals surface area contributed by atoms with Gasteiger partial charge >= 0.3 is 0 Å². The summed E-state index contributed by atoms with van der Waals surface area (Å²) in [6.45, 7) is 0. The molecule has 0 bridgehead atoms. The number of benzene rings is 1. The van der Waals surface area contributed by atoms with Gasteiger partial charge in [-0.05, 0) is 24.3 Å². The summed E-state index contributed by atoms with van der Waals surface area (Å²) in [5.74, 6) is 0.441. The van der Waals surface area contributed by atoms with E-state index in [1.165, 1.54) is 17.2 Å². The first-order valence-electron chi connectivity index (χ1n) is 5.84. The molecule has 0 aliphatic heterocycles. The number of rotatable bonds is 2. The zero-order valence-electron chi connectivity index (χ0n) is 10.8. The number of nitrogens with zero attached hydrogens (tertiary/aromatic N) is 5. The molecule has 0 N–H and O–H groups in total. The molecule has 1 aromatic carbocycles. The number of fused-ring (bicyclic) bond motifs is 1. The summed E-state index contributed by atoms with van der Waals surface area (Å²) in [6, 6.07) is 8.84. The van der Waals surface area contributed by atoms with Crippen LogP contribution in [0.2, 0.25) is 5.02 Å². The number of nitriles is 1. The van der Waals surface area contributed by atoms with Gasteiger partial charge in [-0.3, -0.25) is 8.78 Å². The highest BCUT2D eigenvalue weighted by atomic mass is 35.5. The molecule has 21 heavy (non-hydrogen) atoms. The molecular formula is C13H8ClN5OS. The van der Waals surface area contributed by atoms with Crippen molar-refractivity contribution in [3.63, 3.8) is 0 Å². The third-order valence-corrected chi connectivity index (χ3v) is 3.93. The van der Waals surface area contributed by atoms with Crippen molar-refractivity contribution >= 4 is 33.3 Å². The minimum Gasteiger partial charge on any atom is -0.258 e. The van der Waals surface area contributed by atoms with E-state index >= 15 is 0 Å². The highest BCUT2D eigenvalue weighted by Crippen LogP contribution is 2.24. The summed E-state index contributed by atoms with van der Waals surface area (Å²) in [5, 5.41) is 18.3. The average Bonchev–Trinajstić information content (AvgIpc) is 2.95. The van der Waals surface area contributed by atoms with Crippen LogP contribution in [0, 0.1) is 11.3 Å². The SMILES string of the molecule is CS(=O)c1nncn1-c1cc(C#N)c2cc(Cl)ccc2n1. The van der Waals surface area contributed by atoms with Gasteiger partial charge in [0.2, 0.25) is 5.16 Å². The van der Waals surface area contributed by atoms with Gasteiger partial charge in [-0.25, -0.2) is 4.98 Å². The standard InChI is InChI=1S/C13H8ClN5OS/c1-21(20)13-18-16-7-19(13)12-4-8(6-15)10-5-9(14)2-3-11(10)17-12/h2-5,7H,1H3. The fourth-order valence-electron chi connectivity index (χ4n) is 1.98. The zero-order valence-corrected chi connectivity index (χ0v) is 12.4. The molecule has 0 saturated heterocycles. The monoisotopic (exact) mass is 317 g/mol. The molecule has 0 aliphatic rings. The van der Waals surface area contributed by atoms with Gasteiger partial charge in [0.15, 0.2) is 0 Å². The summed E-state index contributed by atoms with van der Waals surface area (Å²) in [5.41, 5.74) is 1.05. The van der Waals surface area contributed by atoms with Crippen LogP contribution < -0.4 is 0 Å². The van der Waals surface area contributed by atoms with Crippen molar-refractivity contribution < 1.29 is 4.21 Å². The van der Waals surface area contributed by atoms with Crippen LogP contribution in [0.1, 0.15) is 5.56 Å². The molecule has 0 spiro atoms. The van der Waals surface area contributed by atoms with Crippen LogP contribution in [-0.2, 0) is 10.8 Å². The van der Waals surface area contributed by atoms with E-state index < -0.39 is 10.8 Å². The molecule has 104 valence electrons. The number of aromatic nitrogens is 4. The summed E-state index contributed by atoms with van der Waals surface area (Å²) in [6.07, 6.45) is 2.93. The van der Waals surface area contributed by atoms with Crippen molar-refractivity contribution in [1.82, 2.24) is 19.7 Å². The fourth-order valence-corrected chi connectivity index (χ4v) is 2.73. The molecule has 0 aliphatic carbocycles. The first-order chi connectivity index (χ1) is 10.1. The van der Waals surface area contributed by atoms with Crippen molar-refractivity contribution in [1.29, 1.82) is 5.26 Å². The van der Waals surface area contributed by atoms with Crippen LogP contribution in [-0.4, -0.2) is 30.2 Å². The van der Waals surface area contributed by atoms with Crippen molar-refractivity contribution in [2.45, 2.75) is 5.16 Å². The number of hydrogen-bond donors (Lipinski definition) is 0. The highest BCUT2D eigenvalue weighted by molar-refractivity contribution is 7.84. The van der Waals surface area contributed by atoms with Crippen LogP contribution in [0.5, 0.6) is 0 Å². The number of hydrogen-bond acceptors (Lipinski definition) is 5. The number of halogens is 1. The predicted molar refractivity (Wildman–Crippen MR) is 78.7 cm³/mol. The van der Waals surface area contributed by atoms with Crippen LogP contribution >= 0.6 is 11.6 Å². The van der Waals surface area contributed by atoms with Crippen molar-refractivity contribution in [2.24, 2.45) is 0 Å². The van der Waals surface area contributed by atoms with Gasteiger partial charge < -0.3 is 0 Å². The van der Waals surface area contributed by atoms with Crippen LogP contribution in [0.15, 0.2) is 35.7 Å². The lowest BCUT2D eigenvalue weighted by molar-refractivity contribution is 0.675. The number of pyridine rings is 1. The molecular weight excluding hydrogens is 310 g/mol. The summed E-state index contributed by atoms with van der Waals surface area (Å²) >= 11 is 5.95. The minimum absolute atomic E-state index is 0.278. The maximum Gasteiger partial charge on any atom is 0.226 e. The lowest BCUT2D eigenvalue weighted by atomic mass is 10.1. The van der Waals surface area contributed by atoms with Gasteiger partial charge in [-0.15, -0.1) is 10.2 Å². The summed E-state index contributed by atoms with van der Waals surface area (Å²) < 4.78 is 13.1. The van der Waals surface area contributed by atoms with E-state index in [4.69, 9.17) is 11.6 Å². The lowest BCUT2D eigenvalue weighted by Gasteiger charge is -2.07. The largest absolute Gasteiger partial charge is 0.258 e. The molecule has 1 unspecified atom stereocenters. The van der Waals surface area contributed by atoms with Gasteiger partial charge in [0, 0.05) is 16.7 Å². The Balaban J connectivity index is 2.30. The molecule has 0 radical (unpaired) electrons. The van der Waals surface area contributed by atoms with Gasteiger partial charge in [0.05, 0.1) is 27.9 Å². The first kappa shape index (κ1) is 13.7. The molecule has 3 aromatic rings. The lowest BCUT2D eigenvalue weighted by Crippen LogP contribution is -2.04. The Morgan fingerprint density at radius 1 is 1.38 bits per heavy atom. The third-order valence-electron chi connectivity index (χ3n) is 2.90. The zero-order chi connectivity index (χ0) is 15.0. The van der Waals surface area contributed by atoms with Gasteiger partial charge in [-0.2, -0.15) is 5.26 Å². The Hall–Kier alpha value is -2.30. The molecule has 8 heteroatoms. The average molecular weight is 318 g/mol. The second-order valence-electron chi connectivity index (χ2n) is 4.24. The first-order valence-corrected chi connectivity index (χ1v) is 7.78. The van der Waals surface area contributed by atoms with Crippen LogP contribution in [0.25, 0.3) is 16.7 Å². The quantitative estimate of drug-likeness (QED) is 0.722. The molecule has 1 atom stereocenters. The highest BCUT2D eigenvalue weighted by Gasteiger charge is 2.13. The van der Waals surface area contributed by atoms with E-state index in [0.29, 0.717) is 27.3 Å². The Kier molecular flexibility index (Phi) is 3.41. The third kappa shape index (κ3) is 2.39. The summed E-state index contributed by atoms with van der Waals surface area (Å²) in [4.78, 5) is 4.45. The normalized spacial score (nSPS) is 12.2. The van der Waals surface area contributed by atoms with Crippen molar-refractivity contribution in [2.75, 3.05) is 6.26 Å². The summed E-state index contributed by atoms with van der Waals surface area (Å²) in [7, 11) is -1.31. The van der Waals surface area contributed by atoms with Gasteiger partial charge in [0.1, 0.15) is 12.1 Å². The van der Waals surface area contributed by atoms with E-state index in [1.54, 1.807) is 24.3 Å². The van der Waals surface area contributed by atoms with Crippen molar-refractivity contribution in [3.05, 3.63) is 41.2 Å². The Morgan fingerprint density at radius 2 is 2.19 bits per heavy atom. The van der Waals surface area contributed by atoms with E-state index in [0.717, 1.165) is 0 Å². The minimum atomic E-state index is -1.31. The van der Waals surface area contributed by atoms with E-state index in [1.807, 2.05) is 0 Å². The van der Waals surface area contributed by atoms with Crippen LogP contribution in [0.4, 0.5) is 0 Å². The second kappa shape index (κ2) is 5.24. The fraction of sp³-hybridized carbons (Fsp3) is 0.0769. The molecule has 6 nitrogen and oxygen atoms in total. The van der Waals surface area contributed by atoms with Gasteiger partial charge in [0.25, 0.3) is 0 Å². The van der Waals surface area contributed by atoms with Gasteiger partial charge in [-0.1, -0.05) is 11.6 Å². The predicted octanol–water partition coefficient (Wildman–Crippen LogP) is 2.08. The maximum absolute atomic E-state index is 11.6. The van der Waals surface area contributed by atoms with E-state index in [9.17, 15) is 9.47 Å². The molecule has 2 heterocycles. The molecule has 0 fully saturated rings. The smallest absolute Gasteiger partial charge is 0.226 e. The van der Waals surface area contributed by atoms with E-state index in [-0.39, 0.29) is 5.16 Å². The molecule has 0 amide bonds. The molecule has 3 rings (SSSR count). The Morgan fingerprint density at radius 3 is 2.90 bits per heavy atom. The Bertz CT molecular complexity index is 915. The molecule has 0 saturated carbocycles. The van der Waals surface area contributed by atoms with Crippen LogP contribution in [0.3, 0.4) is 0 Å². The maximum atomic E-state index is 11.6. The topological polar surface area (TPSA) is 84.5 Å². The molecule has 2 aromatic heterocycles. The second-order valence-corrected chi connectivity index (χ2v) is 5.95.